The number of nitrogens with one attached hydrogen (secondary N) is 3. The average Bonchev–Trinajstić information content (AvgIpc) is 3.06. The Morgan fingerprint density at radius 1 is 0.872 bits per heavy atom. The number of carbonyl (C=O) groups is 4. The Kier molecular flexibility index (Phi) is 9.75. The van der Waals surface area contributed by atoms with Gasteiger partial charge in [-0.3, -0.25) is 19.4 Å². The zero-order valence-electron chi connectivity index (χ0n) is 27.1. The molecule has 248 valence electrons. The summed E-state index contributed by atoms with van der Waals surface area (Å²) in [4.78, 5) is 56.8. The molecule has 10 nitrogen and oxygen atoms in total. The zero-order valence-corrected chi connectivity index (χ0v) is 27.1. The third kappa shape index (κ3) is 7.75. The molecule has 0 radical (unpaired) electrons. The second-order valence-electron chi connectivity index (χ2n) is 13.7. The predicted octanol–water partition coefficient (Wildman–Crippen LogP) is 5.01. The van der Waals surface area contributed by atoms with Crippen LogP contribution in [0, 0.1) is 23.7 Å². The van der Waals surface area contributed by atoms with Crippen LogP contribution in [0.15, 0.2) is 66.7 Å². The number of aromatic nitrogens is 1. The van der Waals surface area contributed by atoms with Gasteiger partial charge in [0.2, 0.25) is 11.8 Å². The summed E-state index contributed by atoms with van der Waals surface area (Å²) < 4.78 is 10.8. The zero-order chi connectivity index (χ0) is 33.0. The van der Waals surface area contributed by atoms with Crippen LogP contribution in [0.25, 0.3) is 10.9 Å². The van der Waals surface area contributed by atoms with Gasteiger partial charge in [-0.25, -0.2) is 4.79 Å². The van der Waals surface area contributed by atoms with E-state index >= 15 is 0 Å². The molecular weight excluding hydrogens is 596 g/mol. The predicted molar refractivity (Wildman–Crippen MR) is 176 cm³/mol. The Morgan fingerprint density at radius 3 is 2.26 bits per heavy atom. The summed E-state index contributed by atoms with van der Waals surface area (Å²) in [6.07, 6.45) is 5.03. The lowest BCUT2D eigenvalue weighted by molar-refractivity contribution is -0.142. The maximum Gasteiger partial charge on any atom is 0.408 e. The highest BCUT2D eigenvalue weighted by Crippen LogP contribution is 2.54. The van der Waals surface area contributed by atoms with Gasteiger partial charge in [-0.15, -0.1) is 0 Å². The van der Waals surface area contributed by atoms with E-state index in [1.165, 1.54) is 13.5 Å². The molecule has 2 aromatic carbocycles. The second kappa shape index (κ2) is 14.1. The number of alkyl carbamates (subject to hydrolysis) is 1. The molecule has 4 aliphatic carbocycles. The molecule has 3 N–H and O–H groups in total. The second-order valence-corrected chi connectivity index (χ2v) is 13.7. The number of nitrogens with zero attached hydrogens (tertiary/aromatic N) is 1. The van der Waals surface area contributed by atoms with Gasteiger partial charge in [-0.2, -0.15) is 0 Å². The normalized spacial score (nSPS) is 24.5. The van der Waals surface area contributed by atoms with Gasteiger partial charge in [0.15, 0.2) is 0 Å². The summed E-state index contributed by atoms with van der Waals surface area (Å²) in [6.45, 7) is 1.74. The van der Waals surface area contributed by atoms with E-state index in [9.17, 15) is 19.2 Å². The number of esters is 1. The molecule has 4 fully saturated rings. The maximum absolute atomic E-state index is 14.1. The van der Waals surface area contributed by atoms with Crippen molar-refractivity contribution in [2.24, 2.45) is 23.7 Å². The fourth-order valence-corrected chi connectivity index (χ4v) is 8.11. The van der Waals surface area contributed by atoms with Crippen LogP contribution in [0.2, 0.25) is 0 Å². The third-order valence-corrected chi connectivity index (χ3v) is 10.2. The van der Waals surface area contributed by atoms with E-state index in [0.717, 1.165) is 54.0 Å². The van der Waals surface area contributed by atoms with E-state index in [2.05, 4.69) is 20.7 Å². The summed E-state index contributed by atoms with van der Waals surface area (Å²) in [5.41, 5.74) is 0.815. The van der Waals surface area contributed by atoms with E-state index in [-0.39, 0.29) is 37.8 Å². The molecule has 1 heterocycles. The van der Waals surface area contributed by atoms with Crippen LogP contribution < -0.4 is 16.0 Å². The fraction of sp³-hybridized carbons (Fsp3) is 0.486. The average molecular weight is 641 g/mol. The summed E-state index contributed by atoms with van der Waals surface area (Å²) in [5, 5.41) is 9.82. The molecule has 3 amide bonds. The first-order valence-electron chi connectivity index (χ1n) is 16.7. The summed E-state index contributed by atoms with van der Waals surface area (Å²) >= 11 is 0. The molecule has 1 unspecified atom stereocenters. The number of benzene rings is 2. The first-order chi connectivity index (χ1) is 22.7. The van der Waals surface area contributed by atoms with Gasteiger partial charge in [0.25, 0.3) is 0 Å². The Morgan fingerprint density at radius 2 is 1.55 bits per heavy atom. The van der Waals surface area contributed by atoms with Crippen molar-refractivity contribution < 1.29 is 28.7 Å². The molecule has 3 aromatic rings. The summed E-state index contributed by atoms with van der Waals surface area (Å²) in [6, 6.07) is 20.3. The Balaban J connectivity index is 1.18. The molecule has 1 aromatic heterocycles. The quantitative estimate of drug-likeness (QED) is 0.237. The van der Waals surface area contributed by atoms with Crippen molar-refractivity contribution in [3.05, 3.63) is 78.0 Å². The summed E-state index contributed by atoms with van der Waals surface area (Å²) in [7, 11) is 1.28. The first kappa shape index (κ1) is 32.5. The molecule has 7 rings (SSSR count). The van der Waals surface area contributed by atoms with Gasteiger partial charge in [0.1, 0.15) is 11.6 Å². The highest BCUT2D eigenvalue weighted by molar-refractivity contribution is 5.90. The van der Waals surface area contributed by atoms with Gasteiger partial charge in [0, 0.05) is 30.5 Å². The third-order valence-electron chi connectivity index (χ3n) is 10.2. The van der Waals surface area contributed by atoms with Crippen molar-refractivity contribution in [3.8, 4) is 0 Å². The number of pyridine rings is 1. The number of para-hydroxylation sites is 1. The number of amides is 3. The molecule has 4 aliphatic rings. The van der Waals surface area contributed by atoms with Crippen molar-refractivity contribution in [2.75, 3.05) is 13.7 Å². The minimum absolute atomic E-state index is 0.0483. The number of hydrogen-bond donors (Lipinski definition) is 3. The molecule has 10 heteroatoms. The SMILES string of the molecule is COC(=O)CCC(=O)N[C@@H](CNC(=O)C(C)(Cc1ccc2ccccc2n1)NC(=O)OC1C2CC3CC(C2)CC1C3)c1ccccc1. The minimum Gasteiger partial charge on any atom is -0.469 e. The molecule has 4 bridgehead atoms. The molecule has 2 atom stereocenters. The highest BCUT2D eigenvalue weighted by Gasteiger charge is 2.50. The molecule has 47 heavy (non-hydrogen) atoms. The van der Waals surface area contributed by atoms with E-state index in [0.29, 0.717) is 17.5 Å². The van der Waals surface area contributed by atoms with Crippen molar-refractivity contribution in [1.82, 2.24) is 20.9 Å². The summed E-state index contributed by atoms with van der Waals surface area (Å²) in [5.74, 6) is 0.998. The minimum atomic E-state index is -1.41. The molecule has 0 aliphatic heterocycles. The van der Waals surface area contributed by atoms with Gasteiger partial charge in [-0.05, 0) is 80.4 Å². The van der Waals surface area contributed by atoms with E-state index in [1.807, 2.05) is 66.7 Å². The lowest BCUT2D eigenvalue weighted by Gasteiger charge is -2.53. The van der Waals surface area contributed by atoms with Crippen LogP contribution in [0.4, 0.5) is 4.79 Å². The highest BCUT2D eigenvalue weighted by atomic mass is 16.6. The van der Waals surface area contributed by atoms with Gasteiger partial charge in [0.05, 0.1) is 25.1 Å². The van der Waals surface area contributed by atoms with Crippen LogP contribution >= 0.6 is 0 Å². The smallest absolute Gasteiger partial charge is 0.408 e. The van der Waals surface area contributed by atoms with Crippen LogP contribution in [-0.2, 0) is 30.3 Å². The van der Waals surface area contributed by atoms with Crippen LogP contribution in [0.1, 0.15) is 69.2 Å². The van der Waals surface area contributed by atoms with Gasteiger partial charge in [-0.1, -0.05) is 54.6 Å². The monoisotopic (exact) mass is 640 g/mol. The van der Waals surface area contributed by atoms with E-state index < -0.39 is 29.6 Å². The Labute approximate surface area is 275 Å². The maximum atomic E-state index is 14.1. The van der Waals surface area contributed by atoms with Crippen LogP contribution in [0.3, 0.4) is 0 Å². The van der Waals surface area contributed by atoms with Crippen molar-refractivity contribution >= 4 is 34.8 Å². The van der Waals surface area contributed by atoms with Crippen LogP contribution in [-0.4, -0.2) is 54.2 Å². The number of rotatable bonds is 12. The largest absolute Gasteiger partial charge is 0.469 e. The molecule has 4 saturated carbocycles. The van der Waals surface area contributed by atoms with E-state index in [1.54, 1.807) is 6.92 Å². The number of hydrogen-bond acceptors (Lipinski definition) is 7. The van der Waals surface area contributed by atoms with Gasteiger partial charge < -0.3 is 25.4 Å². The first-order valence-corrected chi connectivity index (χ1v) is 16.7. The Bertz CT molecular complexity index is 1580. The number of methoxy groups -OCH3 is 1. The lowest BCUT2D eigenvalue weighted by Crippen LogP contribution is -2.60. The number of fused-ring (bicyclic) bond motifs is 1. The molecular formula is C37H44N4O6. The van der Waals surface area contributed by atoms with E-state index in [4.69, 9.17) is 9.72 Å². The topological polar surface area (TPSA) is 136 Å². The van der Waals surface area contributed by atoms with Crippen molar-refractivity contribution in [2.45, 2.75) is 76.0 Å². The fourth-order valence-electron chi connectivity index (χ4n) is 8.11. The standard InChI is InChI=1S/C37H44N4O6/c1-37(21-29-13-12-26-10-6-7-11-30(26)39-29,41-36(45)47-34-27-17-23-16-24(19-27)20-28(34)18-23)35(44)38-22-31(25-8-4-3-5-9-25)40-32(42)14-15-33(43)46-2/h3-13,23-24,27-28,31,34H,14-22H2,1-2H3,(H,38,44)(H,40,42)(H,41,45)/t23?,24?,27?,28?,31-,34?,37?/m0/s1. The Hall–Kier alpha value is -4.47. The van der Waals surface area contributed by atoms with Crippen molar-refractivity contribution in [3.63, 3.8) is 0 Å². The van der Waals surface area contributed by atoms with Crippen LogP contribution in [0.5, 0.6) is 0 Å². The van der Waals surface area contributed by atoms with Gasteiger partial charge >= 0.3 is 12.1 Å². The molecule has 0 saturated heterocycles. The van der Waals surface area contributed by atoms with Crippen molar-refractivity contribution in [1.29, 1.82) is 0 Å². The lowest BCUT2D eigenvalue weighted by atomic mass is 9.55. The number of ether oxygens (including phenoxy) is 2. The number of carbonyl (C=O) groups excluding carboxylic acids is 4. The molecule has 0 spiro atoms.